The first-order valence-electron chi connectivity index (χ1n) is 17.2. The molecule has 0 radical (unpaired) electrons. The molecular formula is C42H42O12S4. The Labute approximate surface area is 343 Å². The molecule has 0 heterocycles. The molecule has 0 atom stereocenters. The maximum atomic E-state index is 12.8. The lowest BCUT2D eigenvalue weighted by Gasteiger charge is -2.10. The smallest absolute Gasteiger partial charge is 0.294 e. The van der Waals surface area contributed by atoms with Gasteiger partial charge in [-0.1, -0.05) is 76.8 Å². The summed E-state index contributed by atoms with van der Waals surface area (Å²) >= 11 is 0.610. The highest BCUT2D eigenvalue weighted by Gasteiger charge is 2.23. The molecule has 6 aromatic carbocycles. The van der Waals surface area contributed by atoms with E-state index in [4.69, 9.17) is 14.7 Å². The van der Waals surface area contributed by atoms with E-state index < -0.39 is 34.7 Å². The molecule has 16 heteroatoms. The number of methoxy groups -OCH3 is 1. The number of hydrogen-bond acceptors (Lipinski definition) is 12. The monoisotopic (exact) mass is 866 g/mol. The molecule has 0 aliphatic heterocycles. The topological polar surface area (TPSA) is 180 Å². The van der Waals surface area contributed by atoms with Crippen LogP contribution in [0.3, 0.4) is 0 Å². The van der Waals surface area contributed by atoms with Crippen molar-refractivity contribution in [2.45, 2.75) is 52.2 Å². The van der Waals surface area contributed by atoms with E-state index in [9.17, 15) is 29.8 Å². The molecule has 12 nitrogen and oxygen atoms in total. The van der Waals surface area contributed by atoms with Gasteiger partial charge in [0.1, 0.15) is 17.2 Å². The number of benzene rings is 6. The van der Waals surface area contributed by atoms with E-state index in [0.717, 1.165) is 40.0 Å². The maximum Gasteiger partial charge on any atom is 0.294 e. The minimum atomic E-state index is -4.56. The van der Waals surface area contributed by atoms with Gasteiger partial charge in [0, 0.05) is 11.2 Å². The van der Waals surface area contributed by atoms with Gasteiger partial charge in [0.15, 0.2) is 9.84 Å². The van der Waals surface area contributed by atoms with E-state index in [2.05, 4.69) is 40.6 Å². The Hall–Kier alpha value is -5.04. The summed E-state index contributed by atoms with van der Waals surface area (Å²) in [4.78, 5) is -0.134. The van der Waals surface area contributed by atoms with Crippen LogP contribution in [0.5, 0.6) is 17.2 Å². The van der Waals surface area contributed by atoms with Crippen LogP contribution in [0.25, 0.3) is 11.1 Å². The molecule has 58 heavy (non-hydrogen) atoms. The zero-order valence-corrected chi connectivity index (χ0v) is 35.6. The van der Waals surface area contributed by atoms with Crippen molar-refractivity contribution in [3.05, 3.63) is 156 Å². The Bertz CT molecular complexity index is 2630. The lowest BCUT2D eigenvalue weighted by atomic mass is 10.1. The minimum Gasteiger partial charge on any atom is -0.497 e. The normalized spacial score (nSPS) is 11.4. The van der Waals surface area contributed by atoms with Gasteiger partial charge in [-0.3, -0.25) is 4.55 Å². The van der Waals surface area contributed by atoms with Gasteiger partial charge in [-0.25, -0.2) is 22.1 Å². The van der Waals surface area contributed by atoms with Crippen molar-refractivity contribution >= 4 is 41.8 Å². The summed E-state index contributed by atoms with van der Waals surface area (Å²) in [7, 11) is -9.96. The summed E-state index contributed by atoms with van der Waals surface area (Å²) in [6.45, 7) is 7.12. The predicted octanol–water partition coefficient (Wildman–Crippen LogP) is 9.67. The van der Waals surface area contributed by atoms with E-state index in [0.29, 0.717) is 27.4 Å². The van der Waals surface area contributed by atoms with Crippen LogP contribution in [0.4, 0.5) is 0 Å². The quantitative estimate of drug-likeness (QED) is 0.0544. The second kappa shape index (κ2) is 20.1. The zero-order chi connectivity index (χ0) is 42.7. The number of hydrogen-bond donors (Lipinski definition) is 2. The third kappa shape index (κ3) is 13.0. The van der Waals surface area contributed by atoms with E-state index in [1.54, 1.807) is 38.3 Å². The maximum absolute atomic E-state index is 12.8. The minimum absolute atomic E-state index is 0.118. The fourth-order valence-corrected chi connectivity index (χ4v) is 8.40. The second-order valence-corrected chi connectivity index (χ2v) is 18.9. The van der Waals surface area contributed by atoms with Gasteiger partial charge in [-0.05, 0) is 123 Å². The average Bonchev–Trinajstić information content (AvgIpc) is 3.19. The van der Waals surface area contributed by atoms with Crippen LogP contribution in [0, 0.1) is 27.7 Å². The molecule has 2 N–H and O–H groups in total. The molecule has 0 saturated carbocycles. The predicted molar refractivity (Wildman–Crippen MR) is 222 cm³/mol. The summed E-state index contributed by atoms with van der Waals surface area (Å²) in [6.07, 6.45) is 1.21. The fourth-order valence-electron chi connectivity index (χ4n) is 5.08. The average molecular weight is 867 g/mol. The highest BCUT2D eigenvalue weighted by atomic mass is 32.2. The van der Waals surface area contributed by atoms with E-state index in [-0.39, 0.29) is 15.4 Å². The van der Waals surface area contributed by atoms with Crippen molar-refractivity contribution < 1.29 is 53.9 Å². The van der Waals surface area contributed by atoms with Gasteiger partial charge in [-0.2, -0.15) is 8.42 Å². The van der Waals surface area contributed by atoms with Crippen LogP contribution in [0.15, 0.2) is 158 Å². The molecule has 0 bridgehead atoms. The van der Waals surface area contributed by atoms with Gasteiger partial charge >= 0.3 is 0 Å². The summed E-state index contributed by atoms with van der Waals surface area (Å²) in [5.74, 6) is 2.55. The Morgan fingerprint density at radius 2 is 0.966 bits per heavy atom. The Balaban J connectivity index is 0.000000206. The number of rotatable bonds is 11. The summed E-state index contributed by atoms with van der Waals surface area (Å²) in [5, 5.41) is 11.7. The van der Waals surface area contributed by atoms with Crippen LogP contribution >= 0.6 is 12.0 Å². The number of aryl methyl sites for hydroxylation is 4. The van der Waals surface area contributed by atoms with Crippen LogP contribution in [0.2, 0.25) is 0 Å². The molecule has 0 saturated heterocycles. The summed E-state index contributed by atoms with van der Waals surface area (Å²) in [5.41, 5.74) is 5.49. The van der Waals surface area contributed by atoms with Crippen molar-refractivity contribution in [2.75, 3.05) is 13.4 Å². The van der Waals surface area contributed by atoms with Crippen molar-refractivity contribution in [3.8, 4) is 28.4 Å². The Morgan fingerprint density at radius 3 is 1.43 bits per heavy atom. The molecule has 0 aliphatic carbocycles. The molecule has 0 spiro atoms. The van der Waals surface area contributed by atoms with Crippen LogP contribution in [0.1, 0.15) is 22.3 Å². The van der Waals surface area contributed by atoms with Gasteiger partial charge in [0.2, 0.25) is 9.84 Å². The molecule has 306 valence electrons. The molecule has 0 aliphatic rings. The summed E-state index contributed by atoms with van der Waals surface area (Å²) < 4.78 is 94.7. The number of ether oxygens (including phenoxy) is 2. The molecule has 0 amide bonds. The molecule has 6 aromatic rings. The van der Waals surface area contributed by atoms with Gasteiger partial charge in [0.25, 0.3) is 10.1 Å². The SMILES string of the molecule is COc1ccc(-c2ccc(Oc3ccc(C)cc3)cc2)cc1.Cc1ccc(S(=O)(=O)c2ccc(C)c(S(=O)(=O)O)c2)cc1SOOO.Cc1ccc(S(C)(=O)=O)cc1. The standard InChI is InChI=1S/C20H18O2.C14H14O8S3.C8H10O2S/c1-15-3-9-19(10-4-15)22-20-13-7-17(8-14-20)16-5-11-18(21-2)12-6-16;1-9-3-5-11(7-13(9)23-22-21-15)24(16,17)12-6-4-10(2)14(8-12)25(18,19)20;1-7-3-5-8(6-4-7)11(2,9)10/h3-14H,1-2H3;3-8,15H,1-2H3,(H,18,19,20);3-6H,1-2H3. The van der Waals surface area contributed by atoms with Crippen LogP contribution < -0.4 is 9.47 Å². The van der Waals surface area contributed by atoms with Crippen molar-refractivity contribution in [2.24, 2.45) is 0 Å². The molecule has 0 fully saturated rings. The lowest BCUT2D eigenvalue weighted by Crippen LogP contribution is -2.07. The van der Waals surface area contributed by atoms with E-state index in [1.165, 1.54) is 49.1 Å². The first-order chi connectivity index (χ1) is 27.3. The van der Waals surface area contributed by atoms with Gasteiger partial charge in [0.05, 0.1) is 38.7 Å². The van der Waals surface area contributed by atoms with Crippen LogP contribution in [-0.2, 0) is 39.2 Å². The first kappa shape index (κ1) is 45.7. The zero-order valence-electron chi connectivity index (χ0n) is 32.3. The third-order valence-electron chi connectivity index (χ3n) is 8.36. The molecule has 0 unspecified atom stereocenters. The van der Waals surface area contributed by atoms with E-state index >= 15 is 0 Å². The Kier molecular flexibility index (Phi) is 15.8. The third-order valence-corrected chi connectivity index (χ3v) is 13.0. The van der Waals surface area contributed by atoms with E-state index in [1.807, 2.05) is 55.5 Å². The highest BCUT2D eigenvalue weighted by Crippen LogP contribution is 2.31. The summed E-state index contributed by atoms with van der Waals surface area (Å²) in [6, 6.07) is 38.6. The fraction of sp³-hybridized carbons (Fsp3) is 0.143. The number of sulfone groups is 2. The van der Waals surface area contributed by atoms with Crippen molar-refractivity contribution in [1.82, 2.24) is 0 Å². The van der Waals surface area contributed by atoms with Gasteiger partial charge < -0.3 is 9.47 Å². The second-order valence-electron chi connectivity index (χ2n) is 12.8. The van der Waals surface area contributed by atoms with Crippen molar-refractivity contribution in [1.29, 1.82) is 0 Å². The van der Waals surface area contributed by atoms with Gasteiger partial charge in [-0.15, -0.1) is 4.33 Å². The molecular weight excluding hydrogens is 825 g/mol. The lowest BCUT2D eigenvalue weighted by molar-refractivity contribution is -0.432. The molecule has 0 aromatic heterocycles. The largest absolute Gasteiger partial charge is 0.497 e. The highest BCUT2D eigenvalue weighted by molar-refractivity contribution is 7.94. The Morgan fingerprint density at radius 1 is 0.534 bits per heavy atom. The first-order valence-corrected chi connectivity index (χ1v) is 22.7. The van der Waals surface area contributed by atoms with Crippen molar-refractivity contribution in [3.63, 3.8) is 0 Å². The molecule has 6 rings (SSSR count). The van der Waals surface area contributed by atoms with Crippen LogP contribution in [-0.4, -0.2) is 48.4 Å².